The lowest BCUT2D eigenvalue weighted by Crippen LogP contribution is -2.03. The molecule has 0 atom stereocenters. The van der Waals surface area contributed by atoms with Crippen molar-refractivity contribution in [1.29, 1.82) is 0 Å². The molecular formula is C14H19N3O. The van der Waals surface area contributed by atoms with Gasteiger partial charge >= 0.3 is 0 Å². The second-order valence-corrected chi connectivity index (χ2v) is 4.12. The zero-order chi connectivity index (χ0) is 12.8. The van der Waals surface area contributed by atoms with Gasteiger partial charge in [0, 0.05) is 12.7 Å². The number of nitrogens with one attached hydrogen (secondary N) is 1. The number of hydrogen-bond donors (Lipinski definition) is 1. The molecule has 2 rings (SSSR count). The van der Waals surface area contributed by atoms with E-state index in [4.69, 9.17) is 4.74 Å². The smallest absolute Gasteiger partial charge is 0.141 e. The van der Waals surface area contributed by atoms with Crippen LogP contribution in [0.4, 0.5) is 5.69 Å². The van der Waals surface area contributed by atoms with Crippen LogP contribution < -0.4 is 10.1 Å². The van der Waals surface area contributed by atoms with Gasteiger partial charge in [0.25, 0.3) is 0 Å². The van der Waals surface area contributed by atoms with E-state index >= 15 is 0 Å². The van der Waals surface area contributed by atoms with Crippen LogP contribution in [-0.2, 0) is 13.1 Å². The highest BCUT2D eigenvalue weighted by molar-refractivity contribution is 5.56. The quantitative estimate of drug-likeness (QED) is 0.850. The fourth-order valence-electron chi connectivity index (χ4n) is 1.83. The molecule has 2 aromatic rings. The summed E-state index contributed by atoms with van der Waals surface area (Å²) in [5.41, 5.74) is 2.03. The van der Waals surface area contributed by atoms with Crippen molar-refractivity contribution in [3.05, 3.63) is 42.2 Å². The molecule has 0 aliphatic rings. The number of methoxy groups -OCH3 is 1. The molecule has 0 amide bonds. The molecule has 0 saturated carbocycles. The summed E-state index contributed by atoms with van der Waals surface area (Å²) in [5.74, 6) is 0.852. The van der Waals surface area contributed by atoms with Crippen LogP contribution in [0.3, 0.4) is 0 Å². The molecule has 0 radical (unpaired) electrons. The molecule has 0 bridgehead atoms. The van der Waals surface area contributed by atoms with Crippen molar-refractivity contribution in [2.75, 3.05) is 12.4 Å². The molecule has 1 heterocycles. The van der Waals surface area contributed by atoms with Crippen LogP contribution in [0, 0.1) is 0 Å². The molecule has 0 spiro atoms. The Morgan fingerprint density at radius 2 is 2.11 bits per heavy atom. The van der Waals surface area contributed by atoms with Crippen LogP contribution in [0.2, 0.25) is 0 Å². The van der Waals surface area contributed by atoms with E-state index in [-0.39, 0.29) is 0 Å². The normalized spacial score (nSPS) is 10.3. The minimum absolute atomic E-state index is 0.705. The van der Waals surface area contributed by atoms with Crippen molar-refractivity contribution >= 4 is 5.69 Å². The van der Waals surface area contributed by atoms with Gasteiger partial charge in [0.05, 0.1) is 25.0 Å². The summed E-state index contributed by atoms with van der Waals surface area (Å²) in [5, 5.41) is 7.82. The molecule has 4 heteroatoms. The maximum absolute atomic E-state index is 5.29. The Morgan fingerprint density at radius 3 is 2.89 bits per heavy atom. The predicted molar refractivity (Wildman–Crippen MR) is 72.8 cm³/mol. The summed E-state index contributed by atoms with van der Waals surface area (Å²) in [6.07, 6.45) is 3.11. The lowest BCUT2D eigenvalue weighted by atomic mass is 10.3. The average molecular weight is 245 g/mol. The van der Waals surface area contributed by atoms with Gasteiger partial charge in [0.15, 0.2) is 0 Å². The third-order valence-electron chi connectivity index (χ3n) is 2.72. The minimum Gasteiger partial charge on any atom is -0.495 e. The summed E-state index contributed by atoms with van der Waals surface area (Å²) in [6, 6.07) is 9.93. The molecular weight excluding hydrogens is 226 g/mol. The highest BCUT2D eigenvalue weighted by Gasteiger charge is 2.02. The first-order valence-electron chi connectivity index (χ1n) is 6.22. The molecule has 4 nitrogen and oxygen atoms in total. The van der Waals surface area contributed by atoms with Gasteiger partial charge in [-0.1, -0.05) is 19.1 Å². The number of nitrogens with zero attached hydrogens (tertiary/aromatic N) is 2. The molecule has 0 unspecified atom stereocenters. The van der Waals surface area contributed by atoms with Crippen molar-refractivity contribution in [3.63, 3.8) is 0 Å². The number of para-hydroxylation sites is 2. The Bertz CT molecular complexity index is 493. The number of anilines is 1. The molecule has 18 heavy (non-hydrogen) atoms. The number of rotatable bonds is 6. The Balaban J connectivity index is 1.97. The third-order valence-corrected chi connectivity index (χ3v) is 2.72. The molecule has 96 valence electrons. The zero-order valence-corrected chi connectivity index (χ0v) is 10.9. The van der Waals surface area contributed by atoms with E-state index in [9.17, 15) is 0 Å². The van der Waals surface area contributed by atoms with E-state index in [1.54, 1.807) is 7.11 Å². The maximum Gasteiger partial charge on any atom is 0.141 e. The average Bonchev–Trinajstić information content (AvgIpc) is 2.85. The van der Waals surface area contributed by atoms with E-state index in [0.29, 0.717) is 6.54 Å². The number of aromatic nitrogens is 2. The van der Waals surface area contributed by atoms with Crippen LogP contribution in [0.5, 0.6) is 5.75 Å². The monoisotopic (exact) mass is 245 g/mol. The molecule has 1 aromatic carbocycles. The van der Waals surface area contributed by atoms with Crippen molar-refractivity contribution in [2.45, 2.75) is 26.4 Å². The van der Waals surface area contributed by atoms with E-state index < -0.39 is 0 Å². The van der Waals surface area contributed by atoms with E-state index in [1.807, 2.05) is 41.2 Å². The second kappa shape index (κ2) is 6.10. The van der Waals surface area contributed by atoms with Gasteiger partial charge in [0.1, 0.15) is 5.75 Å². The van der Waals surface area contributed by atoms with Gasteiger partial charge in [-0.3, -0.25) is 4.68 Å². The van der Waals surface area contributed by atoms with E-state index in [2.05, 4.69) is 17.3 Å². The lowest BCUT2D eigenvalue weighted by molar-refractivity contribution is 0.416. The maximum atomic E-state index is 5.29. The molecule has 0 aliphatic heterocycles. The van der Waals surface area contributed by atoms with Gasteiger partial charge in [-0.25, -0.2) is 0 Å². The Morgan fingerprint density at radius 1 is 1.28 bits per heavy atom. The number of ether oxygens (including phenoxy) is 1. The van der Waals surface area contributed by atoms with Crippen molar-refractivity contribution < 1.29 is 4.74 Å². The molecule has 0 saturated heterocycles. The van der Waals surface area contributed by atoms with Crippen LogP contribution >= 0.6 is 0 Å². The first-order valence-corrected chi connectivity index (χ1v) is 6.22. The van der Waals surface area contributed by atoms with Crippen LogP contribution in [-0.4, -0.2) is 16.9 Å². The SMILES string of the molecule is CCCn1ccc(CNc2ccccc2OC)n1. The summed E-state index contributed by atoms with van der Waals surface area (Å²) >= 11 is 0. The van der Waals surface area contributed by atoms with Crippen LogP contribution in [0.25, 0.3) is 0 Å². The number of hydrogen-bond acceptors (Lipinski definition) is 3. The van der Waals surface area contributed by atoms with Gasteiger partial charge in [-0.15, -0.1) is 0 Å². The topological polar surface area (TPSA) is 39.1 Å². The van der Waals surface area contributed by atoms with Crippen LogP contribution in [0.15, 0.2) is 36.5 Å². The van der Waals surface area contributed by atoms with E-state index in [0.717, 1.165) is 30.1 Å². The minimum atomic E-state index is 0.705. The molecule has 1 aromatic heterocycles. The first kappa shape index (κ1) is 12.5. The Hall–Kier alpha value is -1.97. The largest absolute Gasteiger partial charge is 0.495 e. The van der Waals surface area contributed by atoms with Crippen molar-refractivity contribution in [1.82, 2.24) is 9.78 Å². The highest BCUT2D eigenvalue weighted by Crippen LogP contribution is 2.23. The Labute approximate surface area is 108 Å². The van der Waals surface area contributed by atoms with Gasteiger partial charge in [-0.05, 0) is 24.6 Å². The van der Waals surface area contributed by atoms with Crippen LogP contribution in [0.1, 0.15) is 19.0 Å². The number of benzene rings is 1. The van der Waals surface area contributed by atoms with Crippen molar-refractivity contribution in [2.24, 2.45) is 0 Å². The summed E-state index contributed by atoms with van der Waals surface area (Å²) in [7, 11) is 1.68. The summed E-state index contributed by atoms with van der Waals surface area (Å²) < 4.78 is 7.26. The highest BCUT2D eigenvalue weighted by atomic mass is 16.5. The fraction of sp³-hybridized carbons (Fsp3) is 0.357. The number of aryl methyl sites for hydroxylation is 1. The van der Waals surface area contributed by atoms with E-state index in [1.165, 1.54) is 0 Å². The Kier molecular flexibility index (Phi) is 4.23. The summed E-state index contributed by atoms with van der Waals surface area (Å²) in [6.45, 7) is 3.82. The second-order valence-electron chi connectivity index (χ2n) is 4.12. The molecule has 1 N–H and O–H groups in total. The predicted octanol–water partition coefficient (Wildman–Crippen LogP) is 2.91. The summed E-state index contributed by atoms with van der Waals surface area (Å²) in [4.78, 5) is 0. The standard InChI is InChI=1S/C14H19N3O/c1-3-9-17-10-8-12(16-17)11-15-13-6-4-5-7-14(13)18-2/h4-8,10,15H,3,9,11H2,1-2H3. The molecule has 0 aliphatic carbocycles. The van der Waals surface area contributed by atoms with Crippen molar-refractivity contribution in [3.8, 4) is 5.75 Å². The zero-order valence-electron chi connectivity index (χ0n) is 10.9. The lowest BCUT2D eigenvalue weighted by Gasteiger charge is -2.09. The third kappa shape index (κ3) is 3.03. The van der Waals surface area contributed by atoms with Gasteiger partial charge < -0.3 is 10.1 Å². The fourth-order valence-corrected chi connectivity index (χ4v) is 1.83. The van der Waals surface area contributed by atoms with Gasteiger partial charge in [0.2, 0.25) is 0 Å². The van der Waals surface area contributed by atoms with Gasteiger partial charge in [-0.2, -0.15) is 5.10 Å². The first-order chi connectivity index (χ1) is 8.83. The molecule has 0 fully saturated rings.